The summed E-state index contributed by atoms with van der Waals surface area (Å²) < 4.78 is 14.9. The summed E-state index contributed by atoms with van der Waals surface area (Å²) in [7, 11) is 0. The maximum Gasteiger partial charge on any atom is 0.255 e. The highest BCUT2D eigenvalue weighted by molar-refractivity contribution is 6.00. The smallest absolute Gasteiger partial charge is 0.255 e. The first kappa shape index (κ1) is 22.0. The number of benzene rings is 2. The van der Waals surface area contributed by atoms with Crippen molar-refractivity contribution in [3.8, 4) is 16.9 Å². The molecule has 0 bridgehead atoms. The monoisotopic (exact) mass is 428 g/mol. The molecule has 2 N–H and O–H groups in total. The number of aromatic nitrogens is 2. The lowest BCUT2D eigenvalue weighted by Crippen LogP contribution is -2.46. The normalized spacial score (nSPS) is 18.5. The topological polar surface area (TPSA) is 59.0 Å². The Morgan fingerprint density at radius 3 is 2.53 bits per heavy atom. The number of halogens is 2. The van der Waals surface area contributed by atoms with Gasteiger partial charge in [0.25, 0.3) is 5.91 Å². The Balaban J connectivity index is 0.00000256. The number of carbonyl (C=O) groups is 1. The van der Waals surface area contributed by atoms with Crippen LogP contribution in [0.15, 0.2) is 54.7 Å². The highest BCUT2D eigenvalue weighted by Crippen LogP contribution is 2.25. The molecule has 158 valence electrons. The number of hydrogen-bond acceptors (Lipinski definition) is 3. The minimum absolute atomic E-state index is 0. The van der Waals surface area contributed by atoms with E-state index in [1.807, 2.05) is 31.2 Å². The van der Waals surface area contributed by atoms with E-state index in [4.69, 9.17) is 0 Å². The van der Waals surface area contributed by atoms with Crippen LogP contribution in [0, 0.1) is 12.7 Å². The van der Waals surface area contributed by atoms with Gasteiger partial charge in [-0.05, 0) is 57.5 Å². The molecule has 2 unspecified atom stereocenters. The molecule has 4 rings (SSSR count). The molecule has 30 heavy (non-hydrogen) atoms. The van der Waals surface area contributed by atoms with Gasteiger partial charge in [0.15, 0.2) is 0 Å². The van der Waals surface area contributed by atoms with E-state index in [0.717, 1.165) is 30.5 Å². The highest BCUT2D eigenvalue weighted by atomic mass is 35.5. The van der Waals surface area contributed by atoms with E-state index >= 15 is 0 Å². The number of hydrogen-bond donors (Lipinski definition) is 2. The van der Waals surface area contributed by atoms with Gasteiger partial charge in [0.2, 0.25) is 0 Å². The van der Waals surface area contributed by atoms with Crippen LogP contribution in [-0.2, 0) is 0 Å². The van der Waals surface area contributed by atoms with Gasteiger partial charge >= 0.3 is 0 Å². The largest absolute Gasteiger partial charge is 0.349 e. The fourth-order valence-corrected chi connectivity index (χ4v) is 3.72. The van der Waals surface area contributed by atoms with Crippen LogP contribution in [0.25, 0.3) is 16.9 Å². The molecule has 2 heterocycles. The fourth-order valence-electron chi connectivity index (χ4n) is 3.72. The molecule has 3 aromatic rings. The van der Waals surface area contributed by atoms with Gasteiger partial charge in [0.1, 0.15) is 11.5 Å². The Labute approximate surface area is 182 Å². The molecule has 1 fully saturated rings. The van der Waals surface area contributed by atoms with Gasteiger partial charge in [0.05, 0.1) is 11.3 Å². The molecule has 2 atom stereocenters. The van der Waals surface area contributed by atoms with Crippen LogP contribution in [0.5, 0.6) is 0 Å². The zero-order valence-corrected chi connectivity index (χ0v) is 17.9. The summed E-state index contributed by atoms with van der Waals surface area (Å²) in [6.45, 7) is 5.04. The van der Waals surface area contributed by atoms with Gasteiger partial charge in [-0.15, -0.1) is 12.4 Å². The molecular formula is C23H26ClFN4O. The average molecular weight is 429 g/mol. The second-order valence-electron chi connectivity index (χ2n) is 7.73. The third-order valence-corrected chi connectivity index (χ3v) is 5.33. The first-order chi connectivity index (χ1) is 14.0. The number of rotatable bonds is 4. The molecular weight excluding hydrogens is 403 g/mol. The SMILES string of the molecule is Cc1ccc(-c2nn(-c3ccc(F)cc3)cc2C(=O)NC2CCNC(C)C2)cc1.Cl. The van der Waals surface area contributed by atoms with E-state index in [0.29, 0.717) is 23.0 Å². The molecule has 0 spiro atoms. The maximum absolute atomic E-state index is 13.3. The highest BCUT2D eigenvalue weighted by Gasteiger charge is 2.24. The number of aryl methyl sites for hydroxylation is 1. The molecule has 0 radical (unpaired) electrons. The van der Waals surface area contributed by atoms with Gasteiger partial charge in [-0.2, -0.15) is 5.10 Å². The predicted molar refractivity (Wildman–Crippen MR) is 119 cm³/mol. The second kappa shape index (κ2) is 9.41. The zero-order chi connectivity index (χ0) is 20.4. The minimum atomic E-state index is -0.308. The van der Waals surface area contributed by atoms with Crippen LogP contribution in [-0.4, -0.2) is 34.3 Å². The van der Waals surface area contributed by atoms with Crippen molar-refractivity contribution < 1.29 is 9.18 Å². The van der Waals surface area contributed by atoms with E-state index in [-0.39, 0.29) is 30.2 Å². The van der Waals surface area contributed by atoms with Gasteiger partial charge in [-0.3, -0.25) is 4.79 Å². The van der Waals surface area contributed by atoms with Gasteiger partial charge in [0, 0.05) is 23.8 Å². The van der Waals surface area contributed by atoms with Crippen molar-refractivity contribution in [1.82, 2.24) is 20.4 Å². The van der Waals surface area contributed by atoms with Crippen molar-refractivity contribution >= 4 is 18.3 Å². The summed E-state index contributed by atoms with van der Waals surface area (Å²) in [5.41, 5.74) is 3.86. The summed E-state index contributed by atoms with van der Waals surface area (Å²) in [4.78, 5) is 13.1. The second-order valence-corrected chi connectivity index (χ2v) is 7.73. The van der Waals surface area contributed by atoms with Crippen molar-refractivity contribution in [1.29, 1.82) is 0 Å². The molecule has 7 heteroatoms. The molecule has 1 aliphatic rings. The third kappa shape index (κ3) is 4.89. The molecule has 1 amide bonds. The maximum atomic E-state index is 13.3. The Morgan fingerprint density at radius 1 is 1.17 bits per heavy atom. The molecule has 0 saturated carbocycles. The average Bonchev–Trinajstić information content (AvgIpc) is 3.15. The van der Waals surface area contributed by atoms with Crippen LogP contribution in [0.3, 0.4) is 0 Å². The molecule has 0 aliphatic carbocycles. The van der Waals surface area contributed by atoms with E-state index in [9.17, 15) is 9.18 Å². The third-order valence-electron chi connectivity index (χ3n) is 5.33. The van der Waals surface area contributed by atoms with E-state index in [1.54, 1.807) is 23.0 Å². The summed E-state index contributed by atoms with van der Waals surface area (Å²) in [5, 5.41) is 11.2. The Hall–Kier alpha value is -2.70. The summed E-state index contributed by atoms with van der Waals surface area (Å²) in [5.74, 6) is -0.439. The van der Waals surface area contributed by atoms with Crippen LogP contribution < -0.4 is 10.6 Å². The van der Waals surface area contributed by atoms with Crippen molar-refractivity contribution in [2.24, 2.45) is 0 Å². The van der Waals surface area contributed by atoms with Crippen LogP contribution >= 0.6 is 12.4 Å². The number of amides is 1. The Morgan fingerprint density at radius 2 is 1.87 bits per heavy atom. The summed E-state index contributed by atoms with van der Waals surface area (Å²) in [6.07, 6.45) is 3.53. The number of nitrogens with one attached hydrogen (secondary N) is 2. The molecule has 1 aromatic heterocycles. The summed E-state index contributed by atoms with van der Waals surface area (Å²) >= 11 is 0. The fraction of sp³-hybridized carbons (Fsp3) is 0.304. The number of carbonyl (C=O) groups excluding carboxylic acids is 1. The van der Waals surface area contributed by atoms with E-state index in [1.165, 1.54) is 12.1 Å². The van der Waals surface area contributed by atoms with Crippen molar-refractivity contribution in [3.05, 3.63) is 71.7 Å². The molecule has 5 nitrogen and oxygen atoms in total. The predicted octanol–water partition coefficient (Wildman–Crippen LogP) is 4.28. The number of piperidine rings is 1. The van der Waals surface area contributed by atoms with Crippen LogP contribution in [0.2, 0.25) is 0 Å². The van der Waals surface area contributed by atoms with Crippen molar-refractivity contribution in [2.45, 2.75) is 38.8 Å². The molecule has 2 aromatic carbocycles. The van der Waals surface area contributed by atoms with Gasteiger partial charge in [-0.1, -0.05) is 29.8 Å². The number of nitrogens with zero attached hydrogens (tertiary/aromatic N) is 2. The van der Waals surface area contributed by atoms with Crippen LogP contribution in [0.4, 0.5) is 4.39 Å². The Bertz CT molecular complexity index is 1000. The minimum Gasteiger partial charge on any atom is -0.349 e. The Kier molecular flexibility index (Phi) is 6.90. The van der Waals surface area contributed by atoms with Crippen molar-refractivity contribution in [3.63, 3.8) is 0 Å². The lowest BCUT2D eigenvalue weighted by atomic mass is 10.00. The lowest BCUT2D eigenvalue weighted by Gasteiger charge is -2.28. The zero-order valence-electron chi connectivity index (χ0n) is 17.1. The van der Waals surface area contributed by atoms with Crippen molar-refractivity contribution in [2.75, 3.05) is 6.54 Å². The van der Waals surface area contributed by atoms with E-state index in [2.05, 4.69) is 22.7 Å². The van der Waals surface area contributed by atoms with E-state index < -0.39 is 0 Å². The first-order valence-electron chi connectivity index (χ1n) is 9.96. The lowest BCUT2D eigenvalue weighted by molar-refractivity contribution is 0.0926. The van der Waals surface area contributed by atoms with Gasteiger partial charge in [-0.25, -0.2) is 9.07 Å². The summed E-state index contributed by atoms with van der Waals surface area (Å²) in [6, 6.07) is 14.5. The first-order valence-corrected chi connectivity index (χ1v) is 9.96. The van der Waals surface area contributed by atoms with Crippen LogP contribution in [0.1, 0.15) is 35.7 Å². The van der Waals surface area contributed by atoms with Gasteiger partial charge < -0.3 is 10.6 Å². The molecule has 1 saturated heterocycles. The standard InChI is InChI=1S/C23H25FN4O.ClH/c1-15-3-5-17(6-4-15)22-21(23(29)26-19-11-12-25-16(2)13-19)14-28(27-22)20-9-7-18(24)8-10-20;/h3-10,14,16,19,25H,11-13H2,1-2H3,(H,26,29);1H. The quantitative estimate of drug-likeness (QED) is 0.652. The molecule has 1 aliphatic heterocycles.